The van der Waals surface area contributed by atoms with Crippen LogP contribution in [0.5, 0.6) is 0 Å². The zero-order valence-corrected chi connectivity index (χ0v) is 18.6. The lowest BCUT2D eigenvalue weighted by Gasteiger charge is -2.53. The molecule has 5 rings (SSSR count). The topological polar surface area (TPSA) is 82.1 Å². The lowest BCUT2D eigenvalue weighted by Crippen LogP contribution is -2.65. The zero-order chi connectivity index (χ0) is 23.0. The van der Waals surface area contributed by atoms with E-state index in [9.17, 15) is 14.4 Å². The van der Waals surface area contributed by atoms with Crippen LogP contribution in [0.3, 0.4) is 0 Å². The van der Waals surface area contributed by atoms with Gasteiger partial charge in [-0.05, 0) is 43.5 Å². The maximum Gasteiger partial charge on any atom is 0.410 e. The van der Waals surface area contributed by atoms with E-state index in [2.05, 4.69) is 0 Å². The maximum absolute atomic E-state index is 13.0. The van der Waals surface area contributed by atoms with E-state index >= 15 is 0 Å². The highest BCUT2D eigenvalue weighted by Gasteiger charge is 2.61. The second-order valence-corrected chi connectivity index (χ2v) is 9.40. The third-order valence-corrected chi connectivity index (χ3v) is 7.60. The summed E-state index contributed by atoms with van der Waals surface area (Å²) in [4.78, 5) is 38.6. The molecule has 7 nitrogen and oxygen atoms in total. The van der Waals surface area contributed by atoms with Crippen LogP contribution in [0.2, 0.25) is 0 Å². The number of hydrogen-bond donors (Lipinski definition) is 0. The minimum atomic E-state index is -0.987. The van der Waals surface area contributed by atoms with Crippen LogP contribution in [-0.2, 0) is 14.2 Å². The minimum absolute atomic E-state index is 0.153. The van der Waals surface area contributed by atoms with Crippen LogP contribution >= 0.6 is 11.6 Å². The van der Waals surface area contributed by atoms with Crippen LogP contribution in [0, 0.1) is 5.92 Å². The summed E-state index contributed by atoms with van der Waals surface area (Å²) in [5.74, 6) is -1.17. The molecular formula is C25H24ClNO6. The molecule has 1 aliphatic carbocycles. The highest BCUT2D eigenvalue weighted by molar-refractivity contribution is 6.25. The van der Waals surface area contributed by atoms with Gasteiger partial charge in [-0.3, -0.25) is 0 Å². The van der Waals surface area contributed by atoms with Crippen molar-refractivity contribution >= 4 is 29.6 Å². The summed E-state index contributed by atoms with van der Waals surface area (Å²) in [6.07, 6.45) is -0.429. The van der Waals surface area contributed by atoms with E-state index in [1.807, 2.05) is 12.1 Å². The van der Waals surface area contributed by atoms with Crippen molar-refractivity contribution in [3.8, 4) is 0 Å². The van der Waals surface area contributed by atoms with Gasteiger partial charge < -0.3 is 19.1 Å². The molecule has 3 aliphatic rings. The lowest BCUT2D eigenvalue weighted by atomic mass is 9.68. The van der Waals surface area contributed by atoms with Crippen LogP contribution < -0.4 is 0 Å². The van der Waals surface area contributed by atoms with Crippen molar-refractivity contribution in [1.29, 1.82) is 0 Å². The number of halogens is 1. The fourth-order valence-corrected chi connectivity index (χ4v) is 5.80. The summed E-state index contributed by atoms with van der Waals surface area (Å²) in [7, 11) is 0. The van der Waals surface area contributed by atoms with Gasteiger partial charge in [0.15, 0.2) is 6.10 Å². The number of carbonyl (C=O) groups excluding carboxylic acids is 3. The summed E-state index contributed by atoms with van der Waals surface area (Å²) < 4.78 is 17.1. The minimum Gasteiger partial charge on any atom is -0.455 e. The van der Waals surface area contributed by atoms with Gasteiger partial charge in [0.2, 0.25) is 0 Å². The number of piperidine rings is 1. The van der Waals surface area contributed by atoms with Crippen LogP contribution in [0.15, 0.2) is 60.7 Å². The van der Waals surface area contributed by atoms with Crippen molar-refractivity contribution in [3.05, 3.63) is 71.8 Å². The van der Waals surface area contributed by atoms with Gasteiger partial charge in [-0.2, -0.15) is 0 Å². The number of esters is 2. The van der Waals surface area contributed by atoms with Crippen LogP contribution in [0.25, 0.3) is 0 Å². The number of amides is 1. The molecule has 5 atom stereocenters. The molecule has 2 saturated heterocycles. The average molecular weight is 470 g/mol. The highest BCUT2D eigenvalue weighted by atomic mass is 35.5. The summed E-state index contributed by atoms with van der Waals surface area (Å²) in [6.45, 7) is 0.647. The van der Waals surface area contributed by atoms with Gasteiger partial charge in [-0.15, -0.1) is 11.6 Å². The molecule has 0 bridgehead atoms. The third kappa shape index (κ3) is 3.95. The van der Waals surface area contributed by atoms with Crippen molar-refractivity contribution in [2.75, 3.05) is 13.2 Å². The molecule has 1 amide bonds. The van der Waals surface area contributed by atoms with Gasteiger partial charge in [0.25, 0.3) is 0 Å². The maximum atomic E-state index is 13.0. The Balaban J connectivity index is 1.44. The van der Waals surface area contributed by atoms with Crippen molar-refractivity contribution in [2.45, 2.75) is 42.4 Å². The summed E-state index contributed by atoms with van der Waals surface area (Å²) in [5.41, 5.74) is 0.811. The van der Waals surface area contributed by atoms with E-state index < -0.39 is 29.0 Å². The van der Waals surface area contributed by atoms with Crippen molar-refractivity contribution < 1.29 is 28.6 Å². The molecule has 2 aromatic carbocycles. The number of benzene rings is 2. The number of ether oxygens (including phenoxy) is 3. The smallest absolute Gasteiger partial charge is 0.410 e. The first-order chi connectivity index (χ1) is 16.0. The highest BCUT2D eigenvalue weighted by Crippen LogP contribution is 2.51. The Hall–Kier alpha value is -3.06. The van der Waals surface area contributed by atoms with E-state index in [0.717, 1.165) is 0 Å². The van der Waals surface area contributed by atoms with Gasteiger partial charge in [-0.1, -0.05) is 36.4 Å². The molecule has 2 heterocycles. The first-order valence-electron chi connectivity index (χ1n) is 11.1. The summed E-state index contributed by atoms with van der Waals surface area (Å²) in [6, 6.07) is 17.2. The molecule has 0 N–H and O–H groups in total. The SMILES string of the molecule is O=C(O[C@H]1CC[C@H]2[C@@H]3COC(=O)N3CC[C@@]2(Cl)[C@@H]1OC(=O)c1ccccc1)c1ccccc1. The van der Waals surface area contributed by atoms with E-state index in [4.69, 9.17) is 25.8 Å². The molecule has 0 aromatic heterocycles. The monoisotopic (exact) mass is 469 g/mol. The second kappa shape index (κ2) is 8.71. The Kier molecular flexibility index (Phi) is 5.74. The van der Waals surface area contributed by atoms with Crippen LogP contribution in [0.4, 0.5) is 4.79 Å². The molecule has 3 fully saturated rings. The van der Waals surface area contributed by atoms with Gasteiger partial charge in [0.1, 0.15) is 12.7 Å². The fraction of sp³-hybridized carbons (Fsp3) is 0.400. The molecule has 172 valence electrons. The average Bonchev–Trinajstić information content (AvgIpc) is 3.22. The first kappa shape index (κ1) is 21.8. The normalized spacial score (nSPS) is 30.6. The van der Waals surface area contributed by atoms with Gasteiger partial charge in [-0.25, -0.2) is 14.4 Å². The summed E-state index contributed by atoms with van der Waals surface area (Å²) >= 11 is 7.25. The number of rotatable bonds is 4. The molecule has 2 aliphatic heterocycles. The van der Waals surface area contributed by atoms with E-state index in [0.29, 0.717) is 36.9 Å². The van der Waals surface area contributed by atoms with Crippen molar-refractivity contribution in [1.82, 2.24) is 4.90 Å². The molecule has 8 heteroatoms. The van der Waals surface area contributed by atoms with Crippen LogP contribution in [0.1, 0.15) is 40.0 Å². The molecule has 1 saturated carbocycles. The van der Waals surface area contributed by atoms with Crippen molar-refractivity contribution in [3.63, 3.8) is 0 Å². The molecule has 33 heavy (non-hydrogen) atoms. The molecular weight excluding hydrogens is 446 g/mol. The van der Waals surface area contributed by atoms with Crippen molar-refractivity contribution in [2.24, 2.45) is 5.92 Å². The van der Waals surface area contributed by atoms with Gasteiger partial charge in [0.05, 0.1) is 22.0 Å². The Morgan fingerprint density at radius 1 is 0.939 bits per heavy atom. The Morgan fingerprint density at radius 2 is 1.55 bits per heavy atom. The standard InChI is InChI=1S/C25H24ClNO6/c26-25-13-14-27-19(15-31-24(27)30)18(25)11-12-20(32-22(28)16-7-3-1-4-8-16)21(25)33-23(29)17-9-5-2-6-10-17/h1-10,18-21H,11-15H2/t18-,19-,20-,21+,25-/m0/s1. The largest absolute Gasteiger partial charge is 0.455 e. The number of cyclic esters (lactones) is 1. The summed E-state index contributed by atoms with van der Waals surface area (Å²) in [5, 5.41) is 0. The Morgan fingerprint density at radius 3 is 2.18 bits per heavy atom. The predicted octanol–water partition coefficient (Wildman–Crippen LogP) is 4.05. The number of hydrogen-bond acceptors (Lipinski definition) is 6. The number of nitrogens with zero attached hydrogens (tertiary/aromatic N) is 1. The number of carbonyl (C=O) groups is 3. The first-order valence-corrected chi connectivity index (χ1v) is 11.5. The Labute approximate surface area is 196 Å². The zero-order valence-electron chi connectivity index (χ0n) is 17.9. The van der Waals surface area contributed by atoms with E-state index in [-0.39, 0.29) is 24.7 Å². The molecule has 0 spiro atoms. The molecule has 0 unspecified atom stereocenters. The van der Waals surface area contributed by atoms with Gasteiger partial charge in [0, 0.05) is 12.5 Å². The van der Waals surface area contributed by atoms with E-state index in [1.165, 1.54) is 0 Å². The van der Waals surface area contributed by atoms with E-state index in [1.54, 1.807) is 53.4 Å². The Bertz CT molecular complexity index is 1050. The second-order valence-electron chi connectivity index (χ2n) is 8.70. The van der Waals surface area contributed by atoms with Crippen LogP contribution in [-0.4, -0.2) is 59.2 Å². The van der Waals surface area contributed by atoms with Gasteiger partial charge >= 0.3 is 18.0 Å². The lowest BCUT2D eigenvalue weighted by molar-refractivity contribution is -0.0982. The fourth-order valence-electron chi connectivity index (χ4n) is 5.27. The quantitative estimate of drug-likeness (QED) is 0.381. The predicted molar refractivity (Wildman–Crippen MR) is 119 cm³/mol. The molecule has 0 radical (unpaired) electrons. The number of fused-ring (bicyclic) bond motifs is 3. The third-order valence-electron chi connectivity index (χ3n) is 6.91. The molecule has 2 aromatic rings. The number of alkyl halides is 1.